The van der Waals surface area contributed by atoms with Crippen LogP contribution in [0, 0.1) is 5.92 Å². The molecular weight excluding hydrogens is 198 g/mol. The van der Waals surface area contributed by atoms with Gasteiger partial charge in [0, 0.05) is 12.6 Å². The van der Waals surface area contributed by atoms with Crippen LogP contribution < -0.4 is 5.32 Å². The van der Waals surface area contributed by atoms with Gasteiger partial charge in [-0.2, -0.15) is 0 Å². The van der Waals surface area contributed by atoms with Gasteiger partial charge in [-0.25, -0.2) is 0 Å². The Morgan fingerprint density at radius 2 is 2.12 bits per heavy atom. The summed E-state index contributed by atoms with van der Waals surface area (Å²) in [7, 11) is 0. The van der Waals surface area contributed by atoms with Crippen LogP contribution in [0.4, 0.5) is 0 Å². The lowest BCUT2D eigenvalue weighted by molar-refractivity contribution is -0.107. The number of hydrogen-bond donors (Lipinski definition) is 1. The van der Waals surface area contributed by atoms with E-state index in [0.717, 1.165) is 19.1 Å². The molecule has 2 atom stereocenters. The molecule has 1 saturated heterocycles. The molecule has 0 bridgehead atoms. The molecule has 0 amide bonds. The summed E-state index contributed by atoms with van der Waals surface area (Å²) in [6, 6.07) is 0.599. The minimum Gasteiger partial charge on any atom is -0.374 e. The zero-order valence-corrected chi connectivity index (χ0v) is 10.9. The Hall–Kier alpha value is -0.0800. The Kier molecular flexibility index (Phi) is 4.26. The molecule has 2 heteroatoms. The van der Waals surface area contributed by atoms with E-state index in [4.69, 9.17) is 4.74 Å². The van der Waals surface area contributed by atoms with Crippen LogP contribution in [0.25, 0.3) is 0 Å². The quantitative estimate of drug-likeness (QED) is 0.776. The Morgan fingerprint density at radius 3 is 2.62 bits per heavy atom. The summed E-state index contributed by atoms with van der Waals surface area (Å²) in [5, 5.41) is 3.76. The predicted molar refractivity (Wildman–Crippen MR) is 67.6 cm³/mol. The average Bonchev–Trinajstić information content (AvgIpc) is 2.22. The predicted octanol–water partition coefficient (Wildman–Crippen LogP) is 3.11. The van der Waals surface area contributed by atoms with Crippen molar-refractivity contribution in [1.29, 1.82) is 0 Å². The molecule has 1 heterocycles. The summed E-state index contributed by atoms with van der Waals surface area (Å²) in [5.41, 5.74) is 0.110. The Balaban J connectivity index is 1.97. The van der Waals surface area contributed by atoms with E-state index in [0.29, 0.717) is 6.04 Å². The lowest BCUT2D eigenvalue weighted by Gasteiger charge is -2.47. The van der Waals surface area contributed by atoms with Gasteiger partial charge < -0.3 is 10.1 Å². The van der Waals surface area contributed by atoms with Crippen LogP contribution in [-0.4, -0.2) is 24.8 Å². The van der Waals surface area contributed by atoms with Crippen LogP contribution in [-0.2, 0) is 4.74 Å². The fraction of sp³-hybridized carbons (Fsp3) is 1.00. The number of rotatable bonds is 5. The van der Waals surface area contributed by atoms with E-state index in [1.54, 1.807) is 0 Å². The standard InChI is InChI=1S/C14H27NO/c1-3-10-15-13(12-7-6-8-12)14(2)9-4-5-11-16-14/h12-13,15H,3-11H2,1-2H3. The zero-order valence-electron chi connectivity index (χ0n) is 10.9. The second kappa shape index (κ2) is 5.50. The molecule has 0 spiro atoms. The lowest BCUT2D eigenvalue weighted by Crippen LogP contribution is -2.57. The van der Waals surface area contributed by atoms with Crippen LogP contribution in [0.15, 0.2) is 0 Å². The Bertz CT molecular complexity index is 207. The van der Waals surface area contributed by atoms with Gasteiger partial charge in [-0.15, -0.1) is 0 Å². The molecule has 1 saturated carbocycles. The molecule has 94 valence electrons. The monoisotopic (exact) mass is 225 g/mol. The van der Waals surface area contributed by atoms with Crippen molar-refractivity contribution in [2.75, 3.05) is 13.2 Å². The first-order valence-electron chi connectivity index (χ1n) is 7.13. The minimum absolute atomic E-state index is 0.110. The molecule has 1 aliphatic heterocycles. The summed E-state index contributed by atoms with van der Waals surface area (Å²) >= 11 is 0. The third kappa shape index (κ3) is 2.60. The van der Waals surface area contributed by atoms with Crippen molar-refractivity contribution in [3.8, 4) is 0 Å². The van der Waals surface area contributed by atoms with Crippen molar-refractivity contribution in [3.63, 3.8) is 0 Å². The van der Waals surface area contributed by atoms with Crippen molar-refractivity contribution in [1.82, 2.24) is 5.32 Å². The summed E-state index contributed by atoms with van der Waals surface area (Å²) in [5.74, 6) is 0.870. The maximum absolute atomic E-state index is 6.12. The van der Waals surface area contributed by atoms with Crippen molar-refractivity contribution in [2.24, 2.45) is 5.92 Å². The minimum atomic E-state index is 0.110. The molecule has 0 aromatic carbocycles. The molecule has 0 aromatic heterocycles. The van der Waals surface area contributed by atoms with Gasteiger partial charge in [0.2, 0.25) is 0 Å². The fourth-order valence-corrected chi connectivity index (χ4v) is 3.16. The molecule has 2 fully saturated rings. The highest BCUT2D eigenvalue weighted by atomic mass is 16.5. The molecule has 2 aliphatic rings. The van der Waals surface area contributed by atoms with E-state index in [9.17, 15) is 0 Å². The third-order valence-electron chi connectivity index (χ3n) is 4.39. The van der Waals surface area contributed by atoms with Crippen molar-refractivity contribution >= 4 is 0 Å². The van der Waals surface area contributed by atoms with E-state index in [1.165, 1.54) is 44.9 Å². The average molecular weight is 225 g/mol. The maximum atomic E-state index is 6.12. The summed E-state index contributed by atoms with van der Waals surface area (Å²) < 4.78 is 6.12. The lowest BCUT2D eigenvalue weighted by atomic mass is 9.71. The SMILES string of the molecule is CCCNC(C1CCC1)C1(C)CCCCO1. The van der Waals surface area contributed by atoms with Gasteiger partial charge in [0.1, 0.15) is 0 Å². The van der Waals surface area contributed by atoms with Gasteiger partial charge in [-0.1, -0.05) is 13.3 Å². The maximum Gasteiger partial charge on any atom is 0.0809 e. The first-order valence-corrected chi connectivity index (χ1v) is 7.13. The molecule has 0 radical (unpaired) electrons. The largest absolute Gasteiger partial charge is 0.374 e. The highest BCUT2D eigenvalue weighted by Gasteiger charge is 2.42. The highest BCUT2D eigenvalue weighted by molar-refractivity contribution is 4.97. The summed E-state index contributed by atoms with van der Waals surface area (Å²) in [6.07, 6.45) is 9.28. The fourth-order valence-electron chi connectivity index (χ4n) is 3.16. The second-order valence-electron chi connectivity index (χ2n) is 5.74. The molecular formula is C14H27NO. The third-order valence-corrected chi connectivity index (χ3v) is 4.39. The van der Waals surface area contributed by atoms with Crippen LogP contribution in [0.3, 0.4) is 0 Å². The molecule has 2 unspecified atom stereocenters. The topological polar surface area (TPSA) is 21.3 Å². The molecule has 1 N–H and O–H groups in total. The highest BCUT2D eigenvalue weighted by Crippen LogP contribution is 2.39. The molecule has 1 aliphatic carbocycles. The normalized spacial score (nSPS) is 33.4. The van der Waals surface area contributed by atoms with Gasteiger partial charge in [-0.3, -0.25) is 0 Å². The number of nitrogens with one attached hydrogen (secondary N) is 1. The number of ether oxygens (including phenoxy) is 1. The first kappa shape index (κ1) is 12.4. The van der Waals surface area contributed by atoms with Gasteiger partial charge in [0.05, 0.1) is 5.60 Å². The van der Waals surface area contributed by atoms with Crippen molar-refractivity contribution in [2.45, 2.75) is 70.4 Å². The summed E-state index contributed by atoms with van der Waals surface area (Å²) in [6.45, 7) is 6.68. The van der Waals surface area contributed by atoms with Crippen molar-refractivity contribution in [3.05, 3.63) is 0 Å². The van der Waals surface area contributed by atoms with Gasteiger partial charge in [0.25, 0.3) is 0 Å². The van der Waals surface area contributed by atoms with Gasteiger partial charge >= 0.3 is 0 Å². The molecule has 2 rings (SSSR count). The molecule has 0 aromatic rings. The van der Waals surface area contributed by atoms with Crippen LogP contribution in [0.5, 0.6) is 0 Å². The van der Waals surface area contributed by atoms with E-state index < -0.39 is 0 Å². The van der Waals surface area contributed by atoms with Gasteiger partial charge in [0.15, 0.2) is 0 Å². The van der Waals surface area contributed by atoms with E-state index >= 15 is 0 Å². The summed E-state index contributed by atoms with van der Waals surface area (Å²) in [4.78, 5) is 0. The van der Waals surface area contributed by atoms with E-state index in [2.05, 4.69) is 19.2 Å². The molecule has 16 heavy (non-hydrogen) atoms. The van der Waals surface area contributed by atoms with E-state index in [-0.39, 0.29) is 5.60 Å². The molecule has 2 nitrogen and oxygen atoms in total. The number of hydrogen-bond acceptors (Lipinski definition) is 2. The first-order chi connectivity index (χ1) is 7.76. The van der Waals surface area contributed by atoms with Crippen LogP contribution >= 0.6 is 0 Å². The van der Waals surface area contributed by atoms with Crippen LogP contribution in [0.2, 0.25) is 0 Å². The Labute approximate surface area is 100 Å². The smallest absolute Gasteiger partial charge is 0.0809 e. The van der Waals surface area contributed by atoms with E-state index in [1.807, 2.05) is 0 Å². The second-order valence-corrected chi connectivity index (χ2v) is 5.74. The van der Waals surface area contributed by atoms with Crippen LogP contribution in [0.1, 0.15) is 58.8 Å². The Morgan fingerprint density at radius 1 is 1.31 bits per heavy atom. The zero-order chi connectivity index (χ0) is 11.4. The van der Waals surface area contributed by atoms with Crippen molar-refractivity contribution < 1.29 is 4.74 Å². The van der Waals surface area contributed by atoms with Gasteiger partial charge in [-0.05, 0) is 57.9 Å².